The highest BCUT2D eigenvalue weighted by atomic mass is 16.5. The molecule has 2 N–H and O–H groups in total. The van der Waals surface area contributed by atoms with Crippen molar-refractivity contribution in [3.05, 3.63) is 30.6 Å². The van der Waals surface area contributed by atoms with Gasteiger partial charge in [-0.1, -0.05) is 0 Å². The summed E-state index contributed by atoms with van der Waals surface area (Å²) >= 11 is 0. The van der Waals surface area contributed by atoms with E-state index in [9.17, 15) is 4.79 Å². The molecule has 0 radical (unpaired) electrons. The molecule has 1 saturated carbocycles. The number of nitrogens with zero attached hydrogens (tertiary/aromatic N) is 4. The lowest BCUT2D eigenvalue weighted by Crippen LogP contribution is -2.19. The molecule has 4 heterocycles. The van der Waals surface area contributed by atoms with Gasteiger partial charge >= 0.3 is 0 Å². The minimum atomic E-state index is 0.0612. The Morgan fingerprint density at radius 2 is 2.22 bits per heavy atom. The van der Waals surface area contributed by atoms with Crippen LogP contribution in [0.4, 0.5) is 5.82 Å². The van der Waals surface area contributed by atoms with E-state index < -0.39 is 0 Å². The maximum absolute atomic E-state index is 12.0. The Labute approximate surface area is 156 Å². The second-order valence-corrected chi connectivity index (χ2v) is 7.29. The van der Waals surface area contributed by atoms with E-state index in [1.165, 1.54) is 0 Å². The second-order valence-electron chi connectivity index (χ2n) is 7.29. The Morgan fingerprint density at radius 3 is 3.00 bits per heavy atom. The van der Waals surface area contributed by atoms with Crippen molar-refractivity contribution in [2.45, 2.75) is 25.4 Å². The first-order chi connectivity index (χ1) is 13.2. The van der Waals surface area contributed by atoms with Crippen LogP contribution >= 0.6 is 0 Å². The molecule has 0 aromatic carbocycles. The molecule has 3 aromatic rings. The van der Waals surface area contributed by atoms with Crippen LogP contribution in [0.1, 0.15) is 19.3 Å². The number of hydrogen-bond acceptors (Lipinski definition) is 5. The lowest BCUT2D eigenvalue weighted by molar-refractivity contribution is -0.117. The third-order valence-electron chi connectivity index (χ3n) is 5.15. The molecule has 1 aliphatic heterocycles. The van der Waals surface area contributed by atoms with Crippen LogP contribution in [0.15, 0.2) is 30.6 Å². The standard InChI is InChI=1S/C19H22N6O2/c1-24-18(16(11-21-24)27-15-4-6-20-10-15)13-5-7-25-14(8-13)9-17(23-25)22-19(26)12-2-3-12/h5,7-9,11-12,15,20H,2-4,6,10H2,1H3,(H,22,23,26)/t15-/m0/s1. The number of amides is 1. The van der Waals surface area contributed by atoms with Crippen LogP contribution < -0.4 is 15.4 Å². The molecule has 1 saturated heterocycles. The average Bonchev–Trinajstić information content (AvgIpc) is 3.06. The molecule has 8 nitrogen and oxygen atoms in total. The van der Waals surface area contributed by atoms with Crippen LogP contribution in [0.3, 0.4) is 0 Å². The first-order valence-corrected chi connectivity index (χ1v) is 9.37. The van der Waals surface area contributed by atoms with Crippen LogP contribution in [0, 0.1) is 5.92 Å². The normalized spacial score (nSPS) is 19.5. The van der Waals surface area contributed by atoms with E-state index >= 15 is 0 Å². The molecule has 3 aromatic heterocycles. The van der Waals surface area contributed by atoms with Gasteiger partial charge in [-0.25, -0.2) is 4.52 Å². The number of carbonyl (C=O) groups is 1. The summed E-state index contributed by atoms with van der Waals surface area (Å²) in [6.45, 7) is 1.84. The number of carbonyl (C=O) groups excluding carboxylic acids is 1. The Bertz CT molecular complexity index is 997. The SMILES string of the molecule is Cn1ncc(O[C@H]2CCNC2)c1-c1ccn2nc(NC(=O)C3CC3)cc2c1. The Balaban J connectivity index is 1.44. The predicted molar refractivity (Wildman–Crippen MR) is 101 cm³/mol. The van der Waals surface area contributed by atoms with Crippen LogP contribution in [-0.4, -0.2) is 44.5 Å². The number of fused-ring (bicyclic) bond motifs is 1. The van der Waals surface area contributed by atoms with Gasteiger partial charge in [0.1, 0.15) is 11.8 Å². The van der Waals surface area contributed by atoms with E-state index in [2.05, 4.69) is 20.8 Å². The quantitative estimate of drug-likeness (QED) is 0.719. The molecule has 1 aliphatic carbocycles. The lowest BCUT2D eigenvalue weighted by atomic mass is 10.1. The molecule has 2 aliphatic rings. The van der Waals surface area contributed by atoms with E-state index in [0.717, 1.165) is 54.9 Å². The van der Waals surface area contributed by atoms with Crippen LogP contribution in [0.25, 0.3) is 16.8 Å². The highest BCUT2D eigenvalue weighted by molar-refractivity contribution is 5.93. The molecular weight excluding hydrogens is 344 g/mol. The monoisotopic (exact) mass is 366 g/mol. The number of aryl methyl sites for hydroxylation is 1. The first kappa shape index (κ1) is 16.3. The van der Waals surface area contributed by atoms with E-state index in [1.54, 1.807) is 10.7 Å². The van der Waals surface area contributed by atoms with Crippen molar-refractivity contribution in [3.63, 3.8) is 0 Å². The highest BCUT2D eigenvalue weighted by Gasteiger charge is 2.30. The molecule has 0 bridgehead atoms. The maximum atomic E-state index is 12.0. The summed E-state index contributed by atoms with van der Waals surface area (Å²) in [5.41, 5.74) is 2.85. The summed E-state index contributed by atoms with van der Waals surface area (Å²) in [5.74, 6) is 1.59. The fourth-order valence-electron chi connectivity index (χ4n) is 3.52. The molecule has 140 valence electrons. The topological polar surface area (TPSA) is 85.5 Å². The van der Waals surface area contributed by atoms with E-state index in [4.69, 9.17) is 4.74 Å². The van der Waals surface area contributed by atoms with Gasteiger partial charge in [-0.15, -0.1) is 0 Å². The van der Waals surface area contributed by atoms with E-state index in [1.807, 2.05) is 36.1 Å². The van der Waals surface area contributed by atoms with Gasteiger partial charge in [0.25, 0.3) is 0 Å². The van der Waals surface area contributed by atoms with Crippen molar-refractivity contribution >= 4 is 17.2 Å². The van der Waals surface area contributed by atoms with Crippen molar-refractivity contribution in [2.75, 3.05) is 18.4 Å². The number of hydrogen-bond donors (Lipinski definition) is 2. The first-order valence-electron chi connectivity index (χ1n) is 9.37. The van der Waals surface area contributed by atoms with E-state index in [-0.39, 0.29) is 17.9 Å². The molecule has 1 amide bonds. The van der Waals surface area contributed by atoms with Crippen molar-refractivity contribution in [1.82, 2.24) is 24.7 Å². The smallest absolute Gasteiger partial charge is 0.228 e. The Hall–Kier alpha value is -2.87. The predicted octanol–water partition coefficient (Wildman–Crippen LogP) is 1.82. The van der Waals surface area contributed by atoms with Crippen LogP contribution in [-0.2, 0) is 11.8 Å². The van der Waals surface area contributed by atoms with Gasteiger partial charge in [0.15, 0.2) is 11.6 Å². The zero-order valence-corrected chi connectivity index (χ0v) is 15.2. The van der Waals surface area contributed by atoms with Crippen molar-refractivity contribution in [2.24, 2.45) is 13.0 Å². The molecule has 27 heavy (non-hydrogen) atoms. The molecular formula is C19H22N6O2. The number of anilines is 1. The molecule has 1 atom stereocenters. The zero-order chi connectivity index (χ0) is 18.4. The summed E-state index contributed by atoms with van der Waals surface area (Å²) in [7, 11) is 1.91. The fraction of sp³-hybridized carbons (Fsp3) is 0.421. The molecule has 5 rings (SSSR count). The number of pyridine rings is 1. The van der Waals surface area contributed by atoms with Gasteiger partial charge in [-0.2, -0.15) is 10.2 Å². The largest absolute Gasteiger partial charge is 0.485 e. The van der Waals surface area contributed by atoms with Crippen molar-refractivity contribution in [3.8, 4) is 17.0 Å². The van der Waals surface area contributed by atoms with Gasteiger partial charge in [0.2, 0.25) is 5.91 Å². The van der Waals surface area contributed by atoms with Crippen molar-refractivity contribution < 1.29 is 9.53 Å². The minimum absolute atomic E-state index is 0.0612. The van der Waals surface area contributed by atoms with Gasteiger partial charge < -0.3 is 15.4 Å². The summed E-state index contributed by atoms with van der Waals surface area (Å²) in [6.07, 6.45) is 6.79. The third-order valence-corrected chi connectivity index (χ3v) is 5.15. The van der Waals surface area contributed by atoms with Crippen LogP contribution in [0.5, 0.6) is 5.75 Å². The zero-order valence-electron chi connectivity index (χ0n) is 15.2. The lowest BCUT2D eigenvalue weighted by Gasteiger charge is -2.13. The summed E-state index contributed by atoms with van der Waals surface area (Å²) in [6, 6.07) is 5.92. The number of aromatic nitrogens is 4. The van der Waals surface area contributed by atoms with E-state index in [0.29, 0.717) is 5.82 Å². The summed E-state index contributed by atoms with van der Waals surface area (Å²) < 4.78 is 9.76. The second kappa shape index (κ2) is 6.38. The van der Waals surface area contributed by atoms with Crippen LogP contribution in [0.2, 0.25) is 0 Å². The average molecular weight is 366 g/mol. The number of rotatable bonds is 5. The fourth-order valence-corrected chi connectivity index (χ4v) is 3.52. The third kappa shape index (κ3) is 3.16. The summed E-state index contributed by atoms with van der Waals surface area (Å²) in [5, 5.41) is 15.0. The maximum Gasteiger partial charge on any atom is 0.228 e. The van der Waals surface area contributed by atoms with Gasteiger partial charge in [-0.3, -0.25) is 9.48 Å². The minimum Gasteiger partial charge on any atom is -0.485 e. The van der Waals surface area contributed by atoms with Crippen molar-refractivity contribution in [1.29, 1.82) is 0 Å². The van der Waals surface area contributed by atoms with Gasteiger partial charge in [-0.05, 0) is 37.9 Å². The Morgan fingerprint density at radius 1 is 1.33 bits per heavy atom. The molecule has 2 fully saturated rings. The number of nitrogens with one attached hydrogen (secondary N) is 2. The highest BCUT2D eigenvalue weighted by Crippen LogP contribution is 2.32. The molecule has 0 unspecified atom stereocenters. The Kier molecular flexibility index (Phi) is 3.86. The summed E-state index contributed by atoms with van der Waals surface area (Å²) in [4.78, 5) is 12.0. The number of ether oxygens (including phenoxy) is 1. The van der Waals surface area contributed by atoms with Gasteiger partial charge in [0, 0.05) is 37.3 Å². The van der Waals surface area contributed by atoms with Gasteiger partial charge in [0.05, 0.1) is 11.7 Å². The molecule has 0 spiro atoms. The molecule has 8 heteroatoms.